The predicted molar refractivity (Wildman–Crippen MR) is 57.3 cm³/mol. The van der Waals surface area contributed by atoms with Crippen molar-refractivity contribution in [3.63, 3.8) is 0 Å². The summed E-state index contributed by atoms with van der Waals surface area (Å²) in [5.74, 6) is 0.520. The fourth-order valence-electron chi connectivity index (χ4n) is 1.37. The maximum absolute atomic E-state index is 9.65. The zero-order chi connectivity index (χ0) is 10.6. The molecule has 1 rings (SSSR count). The van der Waals surface area contributed by atoms with Gasteiger partial charge in [-0.1, -0.05) is 13.8 Å². The molecule has 1 aliphatic rings. The van der Waals surface area contributed by atoms with Gasteiger partial charge in [0.25, 0.3) is 0 Å². The first-order valence-corrected chi connectivity index (χ1v) is 5.61. The Labute approximate surface area is 87.1 Å². The van der Waals surface area contributed by atoms with Gasteiger partial charge in [0.05, 0.1) is 18.8 Å². The van der Waals surface area contributed by atoms with E-state index >= 15 is 0 Å². The van der Waals surface area contributed by atoms with E-state index in [2.05, 4.69) is 25.7 Å². The van der Waals surface area contributed by atoms with Gasteiger partial charge in [-0.3, -0.25) is 0 Å². The van der Waals surface area contributed by atoms with Gasteiger partial charge in [0.2, 0.25) is 0 Å². The summed E-state index contributed by atoms with van der Waals surface area (Å²) in [6, 6.07) is 0. The smallest absolute Gasteiger partial charge is 0.0900 e. The van der Waals surface area contributed by atoms with Crippen LogP contribution < -0.4 is 0 Å². The van der Waals surface area contributed by atoms with Crippen molar-refractivity contribution in [2.24, 2.45) is 5.92 Å². The quantitative estimate of drug-likeness (QED) is 0.699. The highest BCUT2D eigenvalue weighted by Crippen LogP contribution is 2.09. The Hall–Kier alpha value is -0.120. The molecule has 3 heteroatoms. The van der Waals surface area contributed by atoms with Gasteiger partial charge in [0, 0.05) is 6.54 Å². The fraction of sp³-hybridized carbons (Fsp3) is 1.00. The Morgan fingerprint density at radius 1 is 1.29 bits per heavy atom. The van der Waals surface area contributed by atoms with E-state index in [4.69, 9.17) is 4.74 Å². The number of hydrogen-bond acceptors (Lipinski definition) is 3. The van der Waals surface area contributed by atoms with Crippen LogP contribution in [0, 0.1) is 5.92 Å². The molecule has 84 valence electrons. The number of aliphatic hydroxyl groups is 1. The lowest BCUT2D eigenvalue weighted by Crippen LogP contribution is -2.43. The maximum Gasteiger partial charge on any atom is 0.0900 e. The average Bonchev–Trinajstić information content (AvgIpc) is 2.07. The summed E-state index contributed by atoms with van der Waals surface area (Å²) < 4.78 is 5.56. The molecule has 1 fully saturated rings. The summed E-state index contributed by atoms with van der Waals surface area (Å²) in [4.78, 5) is 2.26. The molecule has 0 amide bonds. The molecule has 0 aliphatic carbocycles. The van der Waals surface area contributed by atoms with Crippen molar-refractivity contribution in [3.8, 4) is 0 Å². The minimum Gasteiger partial charge on any atom is -0.389 e. The molecule has 0 aromatic carbocycles. The highest BCUT2D eigenvalue weighted by atomic mass is 16.5. The van der Waals surface area contributed by atoms with Crippen LogP contribution in [0.15, 0.2) is 0 Å². The lowest BCUT2D eigenvalue weighted by molar-refractivity contribution is -0.0356. The van der Waals surface area contributed by atoms with Crippen molar-refractivity contribution in [1.29, 1.82) is 0 Å². The zero-order valence-corrected chi connectivity index (χ0v) is 9.57. The molecule has 1 heterocycles. The first kappa shape index (κ1) is 12.0. The predicted octanol–water partition coefficient (Wildman–Crippen LogP) is 1.11. The first-order chi connectivity index (χ1) is 6.59. The first-order valence-electron chi connectivity index (χ1n) is 5.61. The van der Waals surface area contributed by atoms with E-state index in [0.29, 0.717) is 12.5 Å². The number of rotatable bonds is 6. The Kier molecular flexibility index (Phi) is 4.85. The number of likely N-dealkylation sites (tertiary alicyclic amines) is 1. The van der Waals surface area contributed by atoms with E-state index in [0.717, 1.165) is 19.6 Å². The highest BCUT2D eigenvalue weighted by Gasteiger charge is 2.18. The van der Waals surface area contributed by atoms with Gasteiger partial charge in [-0.15, -0.1) is 0 Å². The molecular formula is C11H23NO2. The summed E-state index contributed by atoms with van der Waals surface area (Å²) in [5, 5.41) is 9.65. The number of ether oxygens (including phenoxy) is 1. The van der Waals surface area contributed by atoms with Crippen molar-refractivity contribution in [1.82, 2.24) is 4.90 Å². The molecule has 2 atom stereocenters. The minimum absolute atomic E-state index is 0.237. The van der Waals surface area contributed by atoms with Crippen LogP contribution in [0.3, 0.4) is 0 Å². The fourth-order valence-corrected chi connectivity index (χ4v) is 1.37. The molecule has 1 saturated heterocycles. The van der Waals surface area contributed by atoms with E-state index in [1.165, 1.54) is 6.42 Å². The van der Waals surface area contributed by atoms with Gasteiger partial charge in [-0.05, 0) is 32.4 Å². The summed E-state index contributed by atoms with van der Waals surface area (Å²) in [5.41, 5.74) is 0. The zero-order valence-electron chi connectivity index (χ0n) is 9.57. The molecule has 3 nitrogen and oxygen atoms in total. The molecular weight excluding hydrogens is 178 g/mol. The maximum atomic E-state index is 9.65. The standard InChI is InChI=1S/C11H23NO2/c1-9(2)10(3)14-8-11(13)7-12-5-4-6-12/h9-11,13H,4-8H2,1-3H3/t10-,11?/m1/s1. The summed E-state index contributed by atoms with van der Waals surface area (Å²) >= 11 is 0. The molecule has 14 heavy (non-hydrogen) atoms. The number of nitrogens with zero attached hydrogens (tertiary/aromatic N) is 1. The van der Waals surface area contributed by atoms with Crippen LogP contribution in [0.4, 0.5) is 0 Å². The Balaban J connectivity index is 2.04. The summed E-state index contributed by atoms with van der Waals surface area (Å²) in [6.07, 6.45) is 1.19. The van der Waals surface area contributed by atoms with Gasteiger partial charge < -0.3 is 14.7 Å². The van der Waals surface area contributed by atoms with Crippen LogP contribution >= 0.6 is 0 Å². The van der Waals surface area contributed by atoms with Crippen molar-refractivity contribution < 1.29 is 9.84 Å². The second-order valence-corrected chi connectivity index (χ2v) is 4.59. The molecule has 1 aliphatic heterocycles. The van der Waals surface area contributed by atoms with Crippen molar-refractivity contribution in [2.75, 3.05) is 26.2 Å². The van der Waals surface area contributed by atoms with Gasteiger partial charge in [-0.25, -0.2) is 0 Å². The van der Waals surface area contributed by atoms with Crippen molar-refractivity contribution >= 4 is 0 Å². The number of aliphatic hydroxyl groups excluding tert-OH is 1. The van der Waals surface area contributed by atoms with Gasteiger partial charge in [0.15, 0.2) is 0 Å². The molecule has 0 aromatic heterocycles. The SMILES string of the molecule is CC(C)[C@@H](C)OCC(O)CN1CCC1. The summed E-state index contributed by atoms with van der Waals surface area (Å²) in [6.45, 7) is 9.83. The van der Waals surface area contributed by atoms with E-state index < -0.39 is 0 Å². The lowest BCUT2D eigenvalue weighted by atomic mass is 10.1. The highest BCUT2D eigenvalue weighted by molar-refractivity contribution is 4.72. The third-order valence-corrected chi connectivity index (χ3v) is 2.91. The molecule has 0 spiro atoms. The van der Waals surface area contributed by atoms with Gasteiger partial charge in [0.1, 0.15) is 0 Å². The molecule has 0 saturated carbocycles. The molecule has 0 radical (unpaired) electrons. The summed E-state index contributed by atoms with van der Waals surface area (Å²) in [7, 11) is 0. The number of hydrogen-bond donors (Lipinski definition) is 1. The van der Waals surface area contributed by atoms with Crippen LogP contribution in [0.1, 0.15) is 27.2 Å². The third-order valence-electron chi connectivity index (χ3n) is 2.91. The average molecular weight is 201 g/mol. The molecule has 1 unspecified atom stereocenters. The monoisotopic (exact) mass is 201 g/mol. The Morgan fingerprint density at radius 3 is 2.36 bits per heavy atom. The lowest BCUT2D eigenvalue weighted by Gasteiger charge is -2.32. The van der Waals surface area contributed by atoms with E-state index in [1.807, 2.05) is 0 Å². The third kappa shape index (κ3) is 3.95. The second kappa shape index (κ2) is 5.69. The van der Waals surface area contributed by atoms with Crippen molar-refractivity contribution in [3.05, 3.63) is 0 Å². The van der Waals surface area contributed by atoms with Crippen LogP contribution in [-0.2, 0) is 4.74 Å². The second-order valence-electron chi connectivity index (χ2n) is 4.59. The Morgan fingerprint density at radius 2 is 1.93 bits per heavy atom. The van der Waals surface area contributed by atoms with Gasteiger partial charge >= 0.3 is 0 Å². The van der Waals surface area contributed by atoms with E-state index in [-0.39, 0.29) is 12.2 Å². The van der Waals surface area contributed by atoms with Crippen molar-refractivity contribution in [2.45, 2.75) is 39.4 Å². The molecule has 1 N–H and O–H groups in total. The normalized spacial score (nSPS) is 22.1. The van der Waals surface area contributed by atoms with E-state index in [9.17, 15) is 5.11 Å². The number of β-amino-alcohol motifs (C(OH)–C–C–N with tert-alkyl or cyclic N) is 1. The van der Waals surface area contributed by atoms with Crippen LogP contribution in [-0.4, -0.2) is 48.5 Å². The van der Waals surface area contributed by atoms with Gasteiger partial charge in [-0.2, -0.15) is 0 Å². The minimum atomic E-state index is -0.323. The Bertz CT molecular complexity index is 157. The largest absolute Gasteiger partial charge is 0.389 e. The topological polar surface area (TPSA) is 32.7 Å². The van der Waals surface area contributed by atoms with E-state index in [1.54, 1.807) is 0 Å². The van der Waals surface area contributed by atoms with Crippen LogP contribution in [0.5, 0.6) is 0 Å². The molecule has 0 aromatic rings. The van der Waals surface area contributed by atoms with Crippen LogP contribution in [0.2, 0.25) is 0 Å². The van der Waals surface area contributed by atoms with Crippen LogP contribution in [0.25, 0.3) is 0 Å². The molecule has 0 bridgehead atoms.